The Morgan fingerprint density at radius 2 is 1.71 bits per heavy atom. The van der Waals surface area contributed by atoms with Crippen molar-refractivity contribution in [3.05, 3.63) is 23.6 Å². The minimum atomic E-state index is -0.602. The number of halogens is 1. The minimum absolute atomic E-state index is 0.287. The van der Waals surface area contributed by atoms with E-state index in [1.54, 1.807) is 6.92 Å². The van der Waals surface area contributed by atoms with Gasteiger partial charge >= 0.3 is 7.12 Å². The van der Waals surface area contributed by atoms with Gasteiger partial charge in [-0.05, 0) is 40.7 Å². The first-order chi connectivity index (χ1) is 7.73. The van der Waals surface area contributed by atoms with Gasteiger partial charge in [0.1, 0.15) is 5.82 Å². The molecule has 5 heteroatoms. The van der Waals surface area contributed by atoms with Crippen molar-refractivity contribution in [1.29, 1.82) is 0 Å². The molecule has 1 aliphatic rings. The van der Waals surface area contributed by atoms with Gasteiger partial charge in [-0.15, -0.1) is 0 Å². The van der Waals surface area contributed by atoms with Gasteiger partial charge in [-0.3, -0.25) is 4.98 Å². The molecule has 0 aromatic carbocycles. The first-order valence-electron chi connectivity index (χ1n) is 5.71. The summed E-state index contributed by atoms with van der Waals surface area (Å²) in [7, 11) is -0.602. The lowest BCUT2D eigenvalue weighted by molar-refractivity contribution is 0.00578. The second kappa shape index (κ2) is 3.78. The lowest BCUT2D eigenvalue weighted by Gasteiger charge is -2.32. The van der Waals surface area contributed by atoms with E-state index >= 15 is 0 Å². The van der Waals surface area contributed by atoms with Crippen LogP contribution in [0.1, 0.15) is 33.3 Å². The molecule has 3 nitrogen and oxygen atoms in total. The molecule has 0 spiro atoms. The molecule has 1 saturated heterocycles. The molecule has 0 unspecified atom stereocenters. The fourth-order valence-corrected chi connectivity index (χ4v) is 1.61. The summed E-state index contributed by atoms with van der Waals surface area (Å²) in [5, 5.41) is 0. The van der Waals surface area contributed by atoms with Crippen molar-refractivity contribution in [3.8, 4) is 0 Å². The van der Waals surface area contributed by atoms with Crippen LogP contribution in [0.5, 0.6) is 0 Å². The zero-order valence-corrected chi connectivity index (χ0v) is 10.9. The maximum atomic E-state index is 13.5. The van der Waals surface area contributed by atoms with Gasteiger partial charge in [0.25, 0.3) is 0 Å². The van der Waals surface area contributed by atoms with Crippen LogP contribution in [0.2, 0.25) is 0 Å². The molecule has 2 heterocycles. The number of hydrogen-bond acceptors (Lipinski definition) is 3. The summed E-state index contributed by atoms with van der Waals surface area (Å²) in [5.74, 6) is -0.287. The van der Waals surface area contributed by atoms with Crippen molar-refractivity contribution in [2.24, 2.45) is 0 Å². The van der Waals surface area contributed by atoms with Crippen molar-refractivity contribution < 1.29 is 13.7 Å². The van der Waals surface area contributed by atoms with E-state index in [0.29, 0.717) is 11.2 Å². The van der Waals surface area contributed by atoms with Crippen molar-refractivity contribution >= 4 is 12.7 Å². The lowest BCUT2D eigenvalue weighted by Crippen LogP contribution is -2.41. The van der Waals surface area contributed by atoms with Gasteiger partial charge in [0, 0.05) is 11.8 Å². The molecule has 0 amide bonds. The summed E-state index contributed by atoms with van der Waals surface area (Å²) in [6.07, 6.45) is 1.50. The first-order valence-corrected chi connectivity index (χ1v) is 5.71. The third kappa shape index (κ3) is 2.09. The second-order valence-corrected chi connectivity index (χ2v) is 5.45. The Kier molecular flexibility index (Phi) is 2.79. The Morgan fingerprint density at radius 3 is 2.18 bits per heavy atom. The van der Waals surface area contributed by atoms with Crippen molar-refractivity contribution in [3.63, 3.8) is 0 Å². The third-order valence-corrected chi connectivity index (χ3v) is 3.55. The van der Waals surface area contributed by atoms with E-state index in [2.05, 4.69) is 4.98 Å². The Balaban J connectivity index is 2.29. The van der Waals surface area contributed by atoms with Gasteiger partial charge in [-0.1, -0.05) is 0 Å². The van der Waals surface area contributed by atoms with Gasteiger partial charge < -0.3 is 9.31 Å². The molecular weight excluding hydrogens is 220 g/mol. The van der Waals surface area contributed by atoms with Gasteiger partial charge in [0.15, 0.2) is 0 Å². The monoisotopic (exact) mass is 237 g/mol. The van der Waals surface area contributed by atoms with Crippen LogP contribution in [0.25, 0.3) is 0 Å². The maximum Gasteiger partial charge on any atom is 0.514 e. The molecule has 1 aromatic rings. The second-order valence-electron chi connectivity index (χ2n) is 5.45. The van der Waals surface area contributed by atoms with E-state index in [1.165, 1.54) is 12.3 Å². The van der Waals surface area contributed by atoms with Crippen LogP contribution in [0, 0.1) is 12.7 Å². The van der Waals surface area contributed by atoms with Crippen LogP contribution in [-0.4, -0.2) is 23.3 Å². The maximum absolute atomic E-state index is 13.5. The van der Waals surface area contributed by atoms with Crippen LogP contribution in [0.4, 0.5) is 4.39 Å². The lowest BCUT2D eigenvalue weighted by atomic mass is 9.84. The van der Waals surface area contributed by atoms with Crippen LogP contribution < -0.4 is 5.59 Å². The molecule has 0 bridgehead atoms. The van der Waals surface area contributed by atoms with Crippen LogP contribution in [-0.2, 0) is 9.31 Å². The van der Waals surface area contributed by atoms with Crippen LogP contribution in [0.3, 0.4) is 0 Å². The smallest absolute Gasteiger partial charge is 0.398 e. The van der Waals surface area contributed by atoms with Crippen LogP contribution >= 0.6 is 0 Å². The van der Waals surface area contributed by atoms with Gasteiger partial charge in [-0.25, -0.2) is 4.39 Å². The molecule has 1 aliphatic heterocycles. The predicted molar refractivity (Wildman–Crippen MR) is 64.6 cm³/mol. The molecule has 0 saturated carbocycles. The average molecular weight is 237 g/mol. The number of aromatic nitrogens is 1. The Hall–Kier alpha value is -0.935. The standard InChI is InChI=1S/C12H17BFNO2/c1-8-7-15-10(6-9(8)14)13-16-11(2,3)12(4,5)17-13/h6-7H,1-5H3. The highest BCUT2D eigenvalue weighted by molar-refractivity contribution is 6.61. The number of rotatable bonds is 1. The summed E-state index contributed by atoms with van der Waals surface area (Å²) in [6, 6.07) is 1.37. The summed E-state index contributed by atoms with van der Waals surface area (Å²) < 4.78 is 25.1. The molecule has 92 valence electrons. The molecular formula is C12H17BFNO2. The minimum Gasteiger partial charge on any atom is -0.398 e. The topological polar surface area (TPSA) is 31.4 Å². The Bertz CT molecular complexity index is 432. The van der Waals surface area contributed by atoms with Gasteiger partial charge in [-0.2, -0.15) is 0 Å². The number of pyridine rings is 1. The largest absolute Gasteiger partial charge is 0.514 e. The molecule has 0 N–H and O–H groups in total. The van der Waals surface area contributed by atoms with E-state index in [9.17, 15) is 4.39 Å². The molecule has 2 rings (SSSR count). The van der Waals surface area contributed by atoms with Crippen molar-refractivity contribution in [1.82, 2.24) is 4.98 Å². The predicted octanol–water partition coefficient (Wildman–Crippen LogP) is 1.83. The van der Waals surface area contributed by atoms with E-state index in [0.717, 1.165) is 0 Å². The van der Waals surface area contributed by atoms with E-state index in [1.807, 2.05) is 27.7 Å². The van der Waals surface area contributed by atoms with E-state index < -0.39 is 18.3 Å². The average Bonchev–Trinajstić information content (AvgIpc) is 2.41. The molecule has 0 radical (unpaired) electrons. The molecule has 1 fully saturated rings. The highest BCUT2D eigenvalue weighted by atomic mass is 19.1. The van der Waals surface area contributed by atoms with E-state index in [4.69, 9.17) is 9.31 Å². The number of nitrogens with zero attached hydrogens (tertiary/aromatic N) is 1. The summed E-state index contributed by atoms with van der Waals surface area (Å²) in [6.45, 7) is 9.50. The fraction of sp³-hybridized carbons (Fsp3) is 0.583. The first kappa shape index (κ1) is 12.5. The summed E-state index contributed by atoms with van der Waals surface area (Å²) in [4.78, 5) is 4.16. The normalized spacial score (nSPS) is 21.9. The zero-order valence-electron chi connectivity index (χ0n) is 10.9. The molecule has 17 heavy (non-hydrogen) atoms. The number of aryl methyl sites for hydroxylation is 1. The summed E-state index contributed by atoms with van der Waals surface area (Å²) >= 11 is 0. The molecule has 1 aromatic heterocycles. The van der Waals surface area contributed by atoms with E-state index in [-0.39, 0.29) is 5.82 Å². The SMILES string of the molecule is Cc1cnc(B2OC(C)(C)C(C)(C)O2)cc1F. The number of hydrogen-bond donors (Lipinski definition) is 0. The Labute approximate surface area is 101 Å². The third-order valence-electron chi connectivity index (χ3n) is 3.55. The fourth-order valence-electron chi connectivity index (χ4n) is 1.61. The highest BCUT2D eigenvalue weighted by Crippen LogP contribution is 2.36. The van der Waals surface area contributed by atoms with Gasteiger partial charge in [0.2, 0.25) is 0 Å². The highest BCUT2D eigenvalue weighted by Gasteiger charge is 2.52. The quantitative estimate of drug-likeness (QED) is 0.698. The van der Waals surface area contributed by atoms with Gasteiger partial charge in [0.05, 0.1) is 16.8 Å². The van der Waals surface area contributed by atoms with Crippen molar-refractivity contribution in [2.75, 3.05) is 0 Å². The zero-order chi connectivity index (χ0) is 12.8. The van der Waals surface area contributed by atoms with Crippen LogP contribution in [0.15, 0.2) is 12.3 Å². The summed E-state index contributed by atoms with van der Waals surface area (Å²) in [5.41, 5.74) is 0.138. The molecule has 0 atom stereocenters. The Morgan fingerprint density at radius 1 is 1.18 bits per heavy atom. The molecule has 0 aliphatic carbocycles. The van der Waals surface area contributed by atoms with Crippen molar-refractivity contribution in [2.45, 2.75) is 45.8 Å².